The van der Waals surface area contributed by atoms with Gasteiger partial charge in [0.2, 0.25) is 0 Å². The molecule has 2 aromatic rings. The van der Waals surface area contributed by atoms with Gasteiger partial charge in [-0.1, -0.05) is 12.1 Å². The zero-order chi connectivity index (χ0) is 14.0. The van der Waals surface area contributed by atoms with E-state index in [2.05, 4.69) is 0 Å². The molecular weight excluding hydrogens is 244 g/mol. The van der Waals surface area contributed by atoms with E-state index in [1.807, 2.05) is 26.0 Å². The molecule has 0 amide bonds. The Morgan fingerprint density at radius 1 is 1.00 bits per heavy atom. The number of benzene rings is 2. The van der Waals surface area contributed by atoms with Crippen LogP contribution in [0.3, 0.4) is 0 Å². The summed E-state index contributed by atoms with van der Waals surface area (Å²) in [4.78, 5) is 11.9. The molecule has 0 aromatic heterocycles. The molecule has 0 aliphatic rings. The molecule has 2 rings (SSSR count). The topological polar surface area (TPSA) is 66.8 Å². The summed E-state index contributed by atoms with van der Waals surface area (Å²) in [5.74, 6) is -0.534. The second kappa shape index (κ2) is 5.02. The lowest BCUT2D eigenvalue weighted by atomic mass is 10.1. The lowest BCUT2D eigenvalue weighted by Gasteiger charge is -2.08. The van der Waals surface area contributed by atoms with E-state index in [0.29, 0.717) is 5.75 Å². The van der Waals surface area contributed by atoms with Crippen molar-refractivity contribution in [3.8, 4) is 17.2 Å². The van der Waals surface area contributed by atoms with Gasteiger partial charge in [0.05, 0.1) is 5.56 Å². The second-order valence-corrected chi connectivity index (χ2v) is 4.40. The molecule has 4 nitrogen and oxygen atoms in total. The Hall–Kier alpha value is -2.49. The van der Waals surface area contributed by atoms with Crippen LogP contribution < -0.4 is 4.74 Å². The van der Waals surface area contributed by atoms with Gasteiger partial charge in [0, 0.05) is 6.07 Å². The lowest BCUT2D eigenvalue weighted by molar-refractivity contribution is 0.0732. The Morgan fingerprint density at radius 2 is 1.63 bits per heavy atom. The average molecular weight is 258 g/mol. The van der Waals surface area contributed by atoms with Crippen LogP contribution in [0.4, 0.5) is 0 Å². The molecule has 0 saturated heterocycles. The van der Waals surface area contributed by atoms with Crippen LogP contribution in [0.1, 0.15) is 21.5 Å². The zero-order valence-electron chi connectivity index (χ0n) is 10.7. The van der Waals surface area contributed by atoms with E-state index in [0.717, 1.165) is 17.2 Å². The first-order chi connectivity index (χ1) is 8.95. The molecule has 2 aromatic carbocycles. The number of hydrogen-bond acceptors (Lipinski definition) is 4. The van der Waals surface area contributed by atoms with E-state index in [-0.39, 0.29) is 17.1 Å². The molecule has 0 aliphatic heterocycles. The minimum Gasteiger partial charge on any atom is -0.508 e. The maximum atomic E-state index is 11.9. The number of phenolic OH excluding ortho intramolecular Hbond substituents is 2. The Bertz CT molecular complexity index is 612. The number of carbonyl (C=O) groups is 1. The second-order valence-electron chi connectivity index (χ2n) is 4.40. The lowest BCUT2D eigenvalue weighted by Crippen LogP contribution is -2.09. The first-order valence-corrected chi connectivity index (χ1v) is 5.78. The van der Waals surface area contributed by atoms with Crippen LogP contribution >= 0.6 is 0 Å². The first kappa shape index (κ1) is 13.0. The van der Waals surface area contributed by atoms with Crippen LogP contribution in [0, 0.1) is 13.8 Å². The monoisotopic (exact) mass is 258 g/mol. The largest absolute Gasteiger partial charge is 0.508 e. The number of carbonyl (C=O) groups excluding carboxylic acids is 1. The Morgan fingerprint density at radius 3 is 2.26 bits per heavy atom. The van der Waals surface area contributed by atoms with E-state index in [1.165, 1.54) is 12.1 Å². The van der Waals surface area contributed by atoms with E-state index in [4.69, 9.17) is 4.74 Å². The fourth-order valence-electron chi connectivity index (χ4n) is 1.69. The van der Waals surface area contributed by atoms with Crippen LogP contribution in [0.5, 0.6) is 17.2 Å². The summed E-state index contributed by atoms with van der Waals surface area (Å²) >= 11 is 0. The van der Waals surface area contributed by atoms with Crippen molar-refractivity contribution in [3.05, 3.63) is 53.1 Å². The summed E-state index contributed by atoms with van der Waals surface area (Å²) in [5.41, 5.74) is 1.91. The molecule has 0 saturated carbocycles. The summed E-state index contributed by atoms with van der Waals surface area (Å²) in [5, 5.41) is 18.7. The maximum absolute atomic E-state index is 11.9. The number of hydrogen-bond donors (Lipinski definition) is 2. The maximum Gasteiger partial charge on any atom is 0.343 e. The molecule has 2 N–H and O–H groups in total. The molecule has 0 heterocycles. The van der Waals surface area contributed by atoms with Crippen LogP contribution in [-0.4, -0.2) is 16.2 Å². The highest BCUT2D eigenvalue weighted by molar-refractivity contribution is 5.92. The predicted octanol–water partition coefficient (Wildman–Crippen LogP) is 2.93. The predicted molar refractivity (Wildman–Crippen MR) is 70.6 cm³/mol. The van der Waals surface area contributed by atoms with E-state index in [9.17, 15) is 15.0 Å². The molecule has 0 aliphatic carbocycles. The van der Waals surface area contributed by atoms with Crippen molar-refractivity contribution >= 4 is 5.97 Å². The van der Waals surface area contributed by atoms with Gasteiger partial charge in [0.25, 0.3) is 0 Å². The minimum atomic E-state index is -0.625. The molecular formula is C15H14O4. The van der Waals surface area contributed by atoms with Crippen molar-refractivity contribution < 1.29 is 19.7 Å². The van der Waals surface area contributed by atoms with Crippen LogP contribution in [0.25, 0.3) is 0 Å². The Balaban J connectivity index is 2.28. The summed E-state index contributed by atoms with van der Waals surface area (Å²) in [6, 6.07) is 9.18. The summed E-state index contributed by atoms with van der Waals surface area (Å²) in [7, 11) is 0. The third-order valence-electron chi connectivity index (χ3n) is 2.68. The van der Waals surface area contributed by atoms with Gasteiger partial charge in [-0.2, -0.15) is 0 Å². The molecule has 0 atom stereocenters. The summed E-state index contributed by atoms with van der Waals surface area (Å²) in [6.07, 6.45) is 0. The Labute approximate surface area is 110 Å². The summed E-state index contributed by atoms with van der Waals surface area (Å²) < 4.78 is 5.26. The van der Waals surface area contributed by atoms with E-state index in [1.54, 1.807) is 6.07 Å². The van der Waals surface area contributed by atoms with Crippen molar-refractivity contribution in [1.29, 1.82) is 0 Å². The van der Waals surface area contributed by atoms with Gasteiger partial charge in [-0.3, -0.25) is 0 Å². The van der Waals surface area contributed by atoms with Gasteiger partial charge in [-0.05, 0) is 43.2 Å². The molecule has 0 bridgehead atoms. The molecule has 19 heavy (non-hydrogen) atoms. The number of phenols is 2. The van der Waals surface area contributed by atoms with Gasteiger partial charge >= 0.3 is 5.97 Å². The first-order valence-electron chi connectivity index (χ1n) is 5.78. The van der Waals surface area contributed by atoms with Gasteiger partial charge in [0.1, 0.15) is 17.2 Å². The number of esters is 1. The number of aromatic hydroxyl groups is 2. The normalized spacial score (nSPS) is 10.2. The molecule has 0 spiro atoms. The number of ether oxygens (including phenoxy) is 1. The minimum absolute atomic E-state index is 0.0957. The van der Waals surface area contributed by atoms with Gasteiger partial charge in [-0.25, -0.2) is 4.79 Å². The van der Waals surface area contributed by atoms with Crippen LogP contribution in [-0.2, 0) is 0 Å². The van der Waals surface area contributed by atoms with E-state index >= 15 is 0 Å². The fraction of sp³-hybridized carbons (Fsp3) is 0.133. The SMILES string of the molecule is Cc1ccc(C)c(OC(=O)c2cc(O)cc(O)c2)c1. The van der Waals surface area contributed by atoms with Crippen LogP contribution in [0.2, 0.25) is 0 Å². The Kier molecular flexibility index (Phi) is 3.42. The average Bonchev–Trinajstić information content (AvgIpc) is 2.32. The molecule has 0 fully saturated rings. The smallest absolute Gasteiger partial charge is 0.343 e. The van der Waals surface area contributed by atoms with Crippen molar-refractivity contribution in [2.75, 3.05) is 0 Å². The van der Waals surface area contributed by atoms with Gasteiger partial charge < -0.3 is 14.9 Å². The van der Waals surface area contributed by atoms with Crippen molar-refractivity contribution in [1.82, 2.24) is 0 Å². The third-order valence-corrected chi connectivity index (χ3v) is 2.68. The highest BCUT2D eigenvalue weighted by Crippen LogP contribution is 2.24. The molecule has 0 radical (unpaired) electrons. The number of aryl methyl sites for hydroxylation is 2. The van der Waals surface area contributed by atoms with Gasteiger partial charge in [-0.15, -0.1) is 0 Å². The quantitative estimate of drug-likeness (QED) is 0.642. The highest BCUT2D eigenvalue weighted by Gasteiger charge is 2.12. The van der Waals surface area contributed by atoms with Gasteiger partial charge in [0.15, 0.2) is 0 Å². The molecule has 98 valence electrons. The van der Waals surface area contributed by atoms with Crippen LogP contribution in [0.15, 0.2) is 36.4 Å². The summed E-state index contributed by atoms with van der Waals surface area (Å²) in [6.45, 7) is 3.74. The zero-order valence-corrected chi connectivity index (χ0v) is 10.7. The molecule has 4 heteroatoms. The van der Waals surface area contributed by atoms with E-state index < -0.39 is 5.97 Å². The third kappa shape index (κ3) is 3.04. The fourth-order valence-corrected chi connectivity index (χ4v) is 1.69. The van der Waals surface area contributed by atoms with Crippen molar-refractivity contribution in [2.45, 2.75) is 13.8 Å². The standard InChI is InChI=1S/C15H14O4/c1-9-3-4-10(2)14(5-9)19-15(18)11-6-12(16)8-13(17)7-11/h3-8,16-17H,1-2H3. The van der Waals surface area contributed by atoms with Crippen molar-refractivity contribution in [3.63, 3.8) is 0 Å². The number of rotatable bonds is 2. The highest BCUT2D eigenvalue weighted by atomic mass is 16.5. The van der Waals surface area contributed by atoms with Crippen molar-refractivity contribution in [2.24, 2.45) is 0 Å². The molecule has 0 unspecified atom stereocenters.